The van der Waals surface area contributed by atoms with Crippen LogP contribution in [-0.4, -0.2) is 28.3 Å². The number of amides is 1. The number of hydrogen-bond donors (Lipinski definition) is 1. The van der Waals surface area contributed by atoms with Crippen molar-refractivity contribution in [3.63, 3.8) is 0 Å². The second-order valence-corrected chi connectivity index (χ2v) is 8.58. The Bertz CT molecular complexity index is 1590. The highest BCUT2D eigenvalue weighted by Gasteiger charge is 2.20. The van der Waals surface area contributed by atoms with Gasteiger partial charge in [-0.3, -0.25) is 14.2 Å². The van der Waals surface area contributed by atoms with Crippen molar-refractivity contribution in [2.45, 2.75) is 12.1 Å². The largest absolute Gasteiger partial charge is 0.495 e. The summed E-state index contributed by atoms with van der Waals surface area (Å²) >= 11 is 1.19. The smallest absolute Gasteiger partial charge is 0.302 e. The van der Waals surface area contributed by atoms with E-state index in [1.54, 1.807) is 19.2 Å². The lowest BCUT2D eigenvalue weighted by Gasteiger charge is -2.14. The number of methoxy groups -OCH3 is 1. The Labute approximate surface area is 199 Å². The Morgan fingerprint density at radius 1 is 1.06 bits per heavy atom. The fraction of sp³-hybridized carbons (Fsp3) is 0.115. The van der Waals surface area contributed by atoms with Crippen LogP contribution in [-0.2, 0) is 4.79 Å². The number of para-hydroxylation sites is 4. The molecular weight excluding hydrogens is 450 g/mol. The van der Waals surface area contributed by atoms with E-state index in [1.165, 1.54) is 16.3 Å². The highest BCUT2D eigenvalue weighted by atomic mass is 32.2. The van der Waals surface area contributed by atoms with Crippen molar-refractivity contribution in [1.29, 1.82) is 0 Å². The van der Waals surface area contributed by atoms with E-state index in [-0.39, 0.29) is 22.8 Å². The van der Waals surface area contributed by atoms with Crippen LogP contribution in [0.15, 0.2) is 87.2 Å². The van der Waals surface area contributed by atoms with Crippen LogP contribution in [0.25, 0.3) is 27.8 Å². The van der Waals surface area contributed by atoms with Crippen molar-refractivity contribution in [2.24, 2.45) is 0 Å². The minimum absolute atomic E-state index is 0.0532. The van der Waals surface area contributed by atoms with Crippen LogP contribution in [0.1, 0.15) is 5.56 Å². The molecule has 0 unspecified atom stereocenters. The van der Waals surface area contributed by atoms with Crippen LogP contribution in [0.3, 0.4) is 0 Å². The molecule has 0 aliphatic carbocycles. The average Bonchev–Trinajstić information content (AvgIpc) is 3.23. The summed E-state index contributed by atoms with van der Waals surface area (Å²) in [6, 6.07) is 22.1. The van der Waals surface area contributed by atoms with Crippen molar-refractivity contribution in [1.82, 2.24) is 9.55 Å². The zero-order chi connectivity index (χ0) is 23.7. The molecule has 3 aromatic carbocycles. The number of carbonyl (C=O) groups is 1. The maximum atomic E-state index is 13.6. The number of rotatable bonds is 6. The number of hydrogen-bond acceptors (Lipinski definition) is 6. The number of anilines is 1. The predicted octanol–water partition coefficient (Wildman–Crippen LogP) is 5.18. The van der Waals surface area contributed by atoms with E-state index in [2.05, 4.69) is 5.32 Å². The Balaban J connectivity index is 1.57. The maximum Gasteiger partial charge on any atom is 0.302 e. The van der Waals surface area contributed by atoms with E-state index in [1.807, 2.05) is 67.6 Å². The van der Waals surface area contributed by atoms with Crippen LogP contribution in [0.5, 0.6) is 5.75 Å². The van der Waals surface area contributed by atoms with Gasteiger partial charge in [0.25, 0.3) is 0 Å². The molecule has 0 saturated heterocycles. The molecule has 0 fully saturated rings. The van der Waals surface area contributed by atoms with Gasteiger partial charge in [-0.1, -0.05) is 54.2 Å². The minimum Gasteiger partial charge on any atom is -0.495 e. The van der Waals surface area contributed by atoms with Gasteiger partial charge in [-0.2, -0.15) is 0 Å². The molecule has 0 spiro atoms. The topological polar surface area (TPSA) is 86.4 Å². The first-order valence-corrected chi connectivity index (χ1v) is 11.6. The zero-order valence-electron chi connectivity index (χ0n) is 18.6. The summed E-state index contributed by atoms with van der Waals surface area (Å²) < 4.78 is 12.7. The molecule has 0 aliphatic rings. The Morgan fingerprint density at radius 2 is 1.79 bits per heavy atom. The van der Waals surface area contributed by atoms with Crippen molar-refractivity contribution in [3.05, 3.63) is 88.7 Å². The molecule has 2 heterocycles. The summed E-state index contributed by atoms with van der Waals surface area (Å²) in [4.78, 5) is 31.1. The Morgan fingerprint density at radius 3 is 2.62 bits per heavy atom. The maximum absolute atomic E-state index is 13.6. The number of benzene rings is 3. The van der Waals surface area contributed by atoms with Gasteiger partial charge in [0.1, 0.15) is 16.8 Å². The second kappa shape index (κ2) is 9.07. The van der Waals surface area contributed by atoms with Gasteiger partial charge in [0, 0.05) is 5.39 Å². The third-order valence-electron chi connectivity index (χ3n) is 5.44. The highest BCUT2D eigenvalue weighted by molar-refractivity contribution is 7.99. The van der Waals surface area contributed by atoms with E-state index >= 15 is 0 Å². The summed E-state index contributed by atoms with van der Waals surface area (Å²) in [5.74, 6) is 0.386. The van der Waals surface area contributed by atoms with Gasteiger partial charge in [0.05, 0.1) is 24.2 Å². The van der Waals surface area contributed by atoms with E-state index in [0.717, 1.165) is 10.9 Å². The first-order chi connectivity index (χ1) is 16.6. The molecule has 0 atom stereocenters. The lowest BCUT2D eigenvalue weighted by atomic mass is 10.2. The molecule has 0 aliphatic heterocycles. The lowest BCUT2D eigenvalue weighted by molar-refractivity contribution is -0.113. The molecule has 34 heavy (non-hydrogen) atoms. The molecule has 5 aromatic rings. The Kier molecular flexibility index (Phi) is 5.81. The zero-order valence-corrected chi connectivity index (χ0v) is 19.4. The van der Waals surface area contributed by atoms with Crippen LogP contribution >= 0.6 is 11.8 Å². The molecule has 1 N–H and O–H groups in total. The average molecular weight is 472 g/mol. The molecule has 7 nitrogen and oxygen atoms in total. The fourth-order valence-electron chi connectivity index (χ4n) is 3.81. The predicted molar refractivity (Wildman–Crippen MR) is 134 cm³/mol. The van der Waals surface area contributed by atoms with Crippen LogP contribution in [0.4, 0.5) is 5.69 Å². The molecule has 0 radical (unpaired) electrons. The van der Waals surface area contributed by atoms with Gasteiger partial charge >= 0.3 is 5.56 Å². The van der Waals surface area contributed by atoms with Gasteiger partial charge in [-0.05, 0) is 42.8 Å². The summed E-state index contributed by atoms with van der Waals surface area (Å²) in [6.07, 6.45) is 0. The van der Waals surface area contributed by atoms with Gasteiger partial charge in [0.15, 0.2) is 5.16 Å². The van der Waals surface area contributed by atoms with Gasteiger partial charge in [0.2, 0.25) is 11.5 Å². The molecule has 5 rings (SSSR count). The summed E-state index contributed by atoms with van der Waals surface area (Å²) in [7, 11) is 1.55. The molecule has 2 aromatic heterocycles. The first kappa shape index (κ1) is 21.8. The van der Waals surface area contributed by atoms with Crippen molar-refractivity contribution in [3.8, 4) is 11.4 Å². The van der Waals surface area contributed by atoms with Crippen LogP contribution < -0.4 is 15.6 Å². The van der Waals surface area contributed by atoms with E-state index in [9.17, 15) is 9.59 Å². The van der Waals surface area contributed by atoms with Crippen LogP contribution in [0, 0.1) is 6.92 Å². The number of aromatic nitrogens is 2. The first-order valence-electron chi connectivity index (χ1n) is 10.6. The number of nitrogens with zero attached hydrogens (tertiary/aromatic N) is 2. The summed E-state index contributed by atoms with van der Waals surface area (Å²) in [5, 5.41) is 4.03. The van der Waals surface area contributed by atoms with E-state index in [4.69, 9.17) is 14.1 Å². The number of carbonyl (C=O) groups excluding carboxylic acids is 1. The number of nitrogens with one attached hydrogen (secondary N) is 1. The van der Waals surface area contributed by atoms with E-state index in [0.29, 0.717) is 33.4 Å². The van der Waals surface area contributed by atoms with Crippen molar-refractivity contribution < 1.29 is 13.9 Å². The Hall–Kier alpha value is -4.04. The molecule has 0 saturated carbocycles. The summed E-state index contributed by atoms with van der Waals surface area (Å²) in [5.41, 5.74) is 3.12. The number of ether oxygens (including phenoxy) is 1. The van der Waals surface area contributed by atoms with Gasteiger partial charge in [-0.15, -0.1) is 0 Å². The molecule has 170 valence electrons. The number of aryl methyl sites for hydroxylation is 1. The minimum atomic E-state index is -0.317. The quantitative estimate of drug-likeness (QED) is 0.271. The van der Waals surface area contributed by atoms with Gasteiger partial charge in [-0.25, -0.2) is 4.98 Å². The summed E-state index contributed by atoms with van der Waals surface area (Å²) in [6.45, 7) is 1.92. The third kappa shape index (κ3) is 3.92. The van der Waals surface area contributed by atoms with Gasteiger partial charge < -0.3 is 14.5 Å². The second-order valence-electron chi connectivity index (χ2n) is 7.63. The van der Waals surface area contributed by atoms with Crippen LogP contribution in [0.2, 0.25) is 0 Å². The SMILES string of the molecule is COc1ccccc1NC(=O)CSc1nc2c(oc3ccccc32)c(=O)n1-c1ccccc1C. The number of furan rings is 1. The van der Waals surface area contributed by atoms with Crippen molar-refractivity contribution >= 4 is 45.4 Å². The standard InChI is InChI=1S/C26H21N3O4S/c1-16-9-3-6-12-19(16)29-25(31)24-23(17-10-4-7-13-20(17)33-24)28-26(29)34-15-22(30)27-18-11-5-8-14-21(18)32-2/h3-14H,15H2,1-2H3,(H,27,30). The molecule has 8 heteroatoms. The fourth-order valence-corrected chi connectivity index (χ4v) is 4.61. The molecule has 1 amide bonds. The highest BCUT2D eigenvalue weighted by Crippen LogP contribution is 2.29. The lowest BCUT2D eigenvalue weighted by Crippen LogP contribution is -2.23. The molecular formula is C26H21N3O4S. The van der Waals surface area contributed by atoms with E-state index < -0.39 is 0 Å². The molecule has 0 bridgehead atoms. The normalized spacial score (nSPS) is 11.1. The third-order valence-corrected chi connectivity index (χ3v) is 6.37. The van der Waals surface area contributed by atoms with Crippen molar-refractivity contribution in [2.75, 3.05) is 18.2 Å². The monoisotopic (exact) mass is 471 g/mol. The number of thioether (sulfide) groups is 1. The number of fused-ring (bicyclic) bond motifs is 3.